The molecule has 136 valence electrons. The molecule has 0 aromatic rings. The van der Waals surface area contributed by atoms with Gasteiger partial charge in [0.25, 0.3) is 0 Å². The van der Waals surface area contributed by atoms with Crippen molar-refractivity contribution in [1.29, 1.82) is 0 Å². The fourth-order valence-corrected chi connectivity index (χ4v) is 3.70. The summed E-state index contributed by atoms with van der Waals surface area (Å²) >= 11 is 0. The van der Waals surface area contributed by atoms with Gasteiger partial charge in [-0.05, 0) is 19.3 Å². The summed E-state index contributed by atoms with van der Waals surface area (Å²) in [5.41, 5.74) is -0.508. The molecule has 1 spiro atoms. The van der Waals surface area contributed by atoms with Crippen LogP contribution < -0.4 is 0 Å². The van der Waals surface area contributed by atoms with Crippen molar-refractivity contribution >= 4 is 11.9 Å². The van der Waals surface area contributed by atoms with E-state index in [2.05, 4.69) is 0 Å². The predicted octanol–water partition coefficient (Wildman–Crippen LogP) is 0.805. The number of carbonyl (C=O) groups is 2. The molecule has 3 rings (SSSR count). The summed E-state index contributed by atoms with van der Waals surface area (Å²) in [7, 11) is 0. The third-order valence-corrected chi connectivity index (χ3v) is 5.19. The van der Waals surface area contributed by atoms with Gasteiger partial charge >= 0.3 is 12.1 Å². The maximum atomic E-state index is 12.7. The van der Waals surface area contributed by atoms with Crippen LogP contribution in [0.3, 0.4) is 0 Å². The molecule has 3 aliphatic rings. The Balaban J connectivity index is 1.62. The summed E-state index contributed by atoms with van der Waals surface area (Å²) in [6, 6.07) is -0.912. The minimum atomic E-state index is -4.35. The van der Waals surface area contributed by atoms with E-state index in [0.29, 0.717) is 39.0 Å². The molecule has 0 bridgehead atoms. The largest absolute Gasteiger partial charge is 0.465 e. The summed E-state index contributed by atoms with van der Waals surface area (Å²) in [5, 5.41) is 0. The third kappa shape index (κ3) is 3.51. The van der Waals surface area contributed by atoms with Crippen LogP contribution in [0.1, 0.15) is 19.3 Å². The van der Waals surface area contributed by atoms with E-state index in [9.17, 15) is 22.8 Å². The molecule has 0 unspecified atom stereocenters. The van der Waals surface area contributed by atoms with Gasteiger partial charge in [0.05, 0.1) is 31.8 Å². The van der Waals surface area contributed by atoms with Gasteiger partial charge < -0.3 is 14.4 Å². The average molecular weight is 350 g/mol. The van der Waals surface area contributed by atoms with Gasteiger partial charge in [-0.2, -0.15) is 13.2 Å². The molecule has 3 heterocycles. The second-order valence-electron chi connectivity index (χ2n) is 6.67. The van der Waals surface area contributed by atoms with Crippen molar-refractivity contribution in [1.82, 2.24) is 9.80 Å². The number of halogens is 3. The molecule has 3 fully saturated rings. The van der Waals surface area contributed by atoms with E-state index in [0.717, 1.165) is 4.90 Å². The fraction of sp³-hybridized carbons (Fsp3) is 0.867. The number of ether oxygens (including phenoxy) is 2. The van der Waals surface area contributed by atoms with E-state index in [1.54, 1.807) is 4.90 Å². The highest BCUT2D eigenvalue weighted by Gasteiger charge is 2.48. The first kappa shape index (κ1) is 17.5. The molecule has 0 aliphatic carbocycles. The zero-order valence-corrected chi connectivity index (χ0v) is 13.3. The highest BCUT2D eigenvalue weighted by Crippen LogP contribution is 2.40. The van der Waals surface area contributed by atoms with Crippen molar-refractivity contribution in [2.24, 2.45) is 5.41 Å². The second-order valence-corrected chi connectivity index (χ2v) is 6.67. The Bertz CT molecular complexity index is 503. The maximum Gasteiger partial charge on any atom is 0.401 e. The molecule has 0 aromatic heterocycles. The highest BCUT2D eigenvalue weighted by atomic mass is 19.4. The van der Waals surface area contributed by atoms with Crippen molar-refractivity contribution in [2.45, 2.75) is 31.5 Å². The summed E-state index contributed by atoms with van der Waals surface area (Å²) in [5.74, 6) is -0.561. The van der Waals surface area contributed by atoms with E-state index in [1.807, 2.05) is 0 Å². The summed E-state index contributed by atoms with van der Waals surface area (Å²) in [6.07, 6.45) is -2.69. The predicted molar refractivity (Wildman–Crippen MR) is 76.1 cm³/mol. The summed E-state index contributed by atoms with van der Waals surface area (Å²) in [6.45, 7) is 0.265. The molecule has 0 saturated carbocycles. The lowest BCUT2D eigenvalue weighted by Crippen LogP contribution is -2.58. The number of nitrogens with zero attached hydrogens (tertiary/aromatic N) is 2. The van der Waals surface area contributed by atoms with Crippen LogP contribution in [0.2, 0.25) is 0 Å². The Hall–Kier alpha value is -1.35. The Kier molecular flexibility index (Phi) is 4.74. The SMILES string of the molecule is O=C([C@H]1COCCN1CC(F)(F)F)N1CCC2(CCOC2=O)CC1. The van der Waals surface area contributed by atoms with Crippen molar-refractivity contribution < 1.29 is 32.2 Å². The van der Waals surface area contributed by atoms with Gasteiger partial charge in [0, 0.05) is 19.6 Å². The number of cyclic esters (lactones) is 1. The Morgan fingerprint density at radius 3 is 2.46 bits per heavy atom. The number of morpholine rings is 1. The topological polar surface area (TPSA) is 59.1 Å². The van der Waals surface area contributed by atoms with Crippen LogP contribution in [0.15, 0.2) is 0 Å². The molecule has 0 radical (unpaired) electrons. The smallest absolute Gasteiger partial charge is 0.401 e. The number of carbonyl (C=O) groups excluding carboxylic acids is 2. The first-order valence-electron chi connectivity index (χ1n) is 8.15. The lowest BCUT2D eigenvalue weighted by molar-refractivity contribution is -0.172. The average Bonchev–Trinajstić information content (AvgIpc) is 2.87. The fourth-order valence-electron chi connectivity index (χ4n) is 3.70. The van der Waals surface area contributed by atoms with E-state index in [4.69, 9.17) is 9.47 Å². The normalized spacial score (nSPS) is 28.2. The molecule has 0 aromatic carbocycles. The van der Waals surface area contributed by atoms with Crippen LogP contribution in [0.4, 0.5) is 13.2 Å². The lowest BCUT2D eigenvalue weighted by atomic mass is 9.77. The van der Waals surface area contributed by atoms with Crippen molar-refractivity contribution in [2.75, 3.05) is 46.0 Å². The van der Waals surface area contributed by atoms with Gasteiger partial charge in [0.2, 0.25) is 5.91 Å². The van der Waals surface area contributed by atoms with E-state index < -0.39 is 24.2 Å². The van der Waals surface area contributed by atoms with Crippen molar-refractivity contribution in [3.8, 4) is 0 Å². The number of alkyl halides is 3. The Morgan fingerprint density at radius 2 is 1.88 bits per heavy atom. The molecular formula is C15H21F3N2O4. The molecule has 3 saturated heterocycles. The van der Waals surface area contributed by atoms with Crippen LogP contribution in [0.25, 0.3) is 0 Å². The summed E-state index contributed by atoms with van der Waals surface area (Å²) < 4.78 is 48.4. The summed E-state index contributed by atoms with van der Waals surface area (Å²) in [4.78, 5) is 27.2. The van der Waals surface area contributed by atoms with E-state index >= 15 is 0 Å². The standard InChI is InChI=1S/C15H21F3N2O4/c16-15(17,18)10-20-6-8-23-9-11(20)12(21)19-4-1-14(2-5-19)3-7-24-13(14)22/h11H,1-10H2/t11-/m1/s1. The number of amides is 1. The number of piperidine rings is 1. The van der Waals surface area contributed by atoms with Crippen molar-refractivity contribution in [3.63, 3.8) is 0 Å². The number of hydrogen-bond donors (Lipinski definition) is 0. The minimum absolute atomic E-state index is 0.0292. The zero-order chi connectivity index (χ0) is 17.4. The number of hydrogen-bond acceptors (Lipinski definition) is 5. The monoisotopic (exact) mass is 350 g/mol. The Labute approximate surface area is 137 Å². The van der Waals surface area contributed by atoms with E-state index in [-0.39, 0.29) is 31.6 Å². The van der Waals surface area contributed by atoms with Crippen LogP contribution in [0, 0.1) is 5.41 Å². The Morgan fingerprint density at radius 1 is 1.17 bits per heavy atom. The molecule has 3 aliphatic heterocycles. The number of esters is 1. The first-order valence-corrected chi connectivity index (χ1v) is 8.15. The first-order chi connectivity index (χ1) is 11.3. The van der Waals surface area contributed by atoms with E-state index in [1.165, 1.54) is 0 Å². The maximum absolute atomic E-state index is 12.7. The van der Waals surface area contributed by atoms with Crippen LogP contribution in [0.5, 0.6) is 0 Å². The molecular weight excluding hydrogens is 329 g/mol. The molecule has 9 heteroatoms. The third-order valence-electron chi connectivity index (χ3n) is 5.19. The van der Waals surface area contributed by atoms with Crippen LogP contribution >= 0.6 is 0 Å². The van der Waals surface area contributed by atoms with Gasteiger partial charge in [-0.3, -0.25) is 14.5 Å². The molecule has 24 heavy (non-hydrogen) atoms. The second kappa shape index (κ2) is 6.51. The van der Waals surface area contributed by atoms with Gasteiger partial charge in [0.1, 0.15) is 6.04 Å². The molecule has 6 nitrogen and oxygen atoms in total. The number of likely N-dealkylation sites (tertiary alicyclic amines) is 1. The minimum Gasteiger partial charge on any atom is -0.465 e. The quantitative estimate of drug-likeness (QED) is 0.690. The number of rotatable bonds is 2. The zero-order valence-electron chi connectivity index (χ0n) is 13.3. The molecule has 0 N–H and O–H groups in total. The lowest BCUT2D eigenvalue weighted by Gasteiger charge is -2.41. The molecule has 1 atom stereocenters. The van der Waals surface area contributed by atoms with Gasteiger partial charge in [-0.1, -0.05) is 0 Å². The van der Waals surface area contributed by atoms with Crippen LogP contribution in [-0.2, 0) is 19.1 Å². The van der Waals surface area contributed by atoms with Crippen LogP contribution in [-0.4, -0.2) is 79.9 Å². The van der Waals surface area contributed by atoms with Gasteiger partial charge in [-0.25, -0.2) is 0 Å². The van der Waals surface area contributed by atoms with Gasteiger partial charge in [0.15, 0.2) is 0 Å². The van der Waals surface area contributed by atoms with Gasteiger partial charge in [-0.15, -0.1) is 0 Å². The highest BCUT2D eigenvalue weighted by molar-refractivity contribution is 5.83. The molecule has 1 amide bonds. The van der Waals surface area contributed by atoms with Crippen molar-refractivity contribution in [3.05, 3.63) is 0 Å².